The molecule has 0 aliphatic rings. The third kappa shape index (κ3) is 25.4. The molecule has 0 aromatic carbocycles. The minimum Gasteiger partial charge on any atom is -0.467 e. The van der Waals surface area contributed by atoms with Crippen molar-refractivity contribution in [2.24, 2.45) is 0 Å². The molecule has 0 rings (SSSR count). The molecule has 0 aliphatic heterocycles. The van der Waals surface area contributed by atoms with Crippen LogP contribution in [0.4, 0.5) is 9.59 Å². The Labute approximate surface area is 233 Å². The van der Waals surface area contributed by atoms with Crippen LogP contribution in [-0.4, -0.2) is 94.1 Å². The third-order valence-corrected chi connectivity index (χ3v) is 5.36. The van der Waals surface area contributed by atoms with Gasteiger partial charge in [-0.3, -0.25) is 0 Å². The van der Waals surface area contributed by atoms with Crippen molar-refractivity contribution in [1.29, 1.82) is 0 Å². The molecule has 0 radical (unpaired) electrons. The zero-order valence-electron chi connectivity index (χ0n) is 25.6. The Morgan fingerprint density at radius 1 is 0.842 bits per heavy atom. The SMILES string of the molecule is COC(=O)[C@H](CCS(C)(=O)=O)NC(=O)OC(C)(C)C.COC(=O)[C@H](CCSC)NC(=O)OC(C)(C)C.[2H]CC. The van der Waals surface area contributed by atoms with E-state index in [1.807, 2.05) is 6.26 Å². The Morgan fingerprint density at radius 2 is 1.18 bits per heavy atom. The van der Waals surface area contributed by atoms with Crippen LogP contribution in [0, 0.1) is 0 Å². The first-order valence-electron chi connectivity index (χ1n) is 12.5. The fourth-order valence-electron chi connectivity index (χ4n) is 2.25. The van der Waals surface area contributed by atoms with E-state index in [0.717, 1.165) is 19.1 Å². The molecule has 0 saturated carbocycles. The fraction of sp³-hybridized carbons (Fsp3) is 0.833. The first-order valence-corrected chi connectivity index (χ1v) is 15.2. The Hall–Kier alpha value is -2.22. The molecule has 2 atom stereocenters. The molecule has 14 heteroatoms. The molecule has 0 spiro atoms. The molecule has 0 aromatic heterocycles. The fourth-order valence-corrected chi connectivity index (χ4v) is 3.38. The zero-order valence-corrected chi connectivity index (χ0v) is 26.2. The summed E-state index contributed by atoms with van der Waals surface area (Å²) in [6, 6.07) is -1.70. The quantitative estimate of drug-likeness (QED) is 0.284. The van der Waals surface area contributed by atoms with Gasteiger partial charge in [-0.05, 0) is 66.4 Å². The van der Waals surface area contributed by atoms with Crippen molar-refractivity contribution in [2.45, 2.75) is 91.5 Å². The largest absolute Gasteiger partial charge is 0.467 e. The highest BCUT2D eigenvalue weighted by molar-refractivity contribution is 7.98. The monoisotopic (exact) mass is 589 g/mol. The summed E-state index contributed by atoms with van der Waals surface area (Å²) in [6.07, 6.45) is 2.04. The topological polar surface area (TPSA) is 163 Å². The van der Waals surface area contributed by atoms with Crippen molar-refractivity contribution < 1.29 is 47.9 Å². The molecule has 0 aromatic rings. The van der Waals surface area contributed by atoms with Gasteiger partial charge in [-0.25, -0.2) is 27.6 Å². The van der Waals surface area contributed by atoms with Crippen LogP contribution in [0.2, 0.25) is 0 Å². The van der Waals surface area contributed by atoms with E-state index < -0.39 is 57.2 Å². The lowest BCUT2D eigenvalue weighted by atomic mass is 10.2. The van der Waals surface area contributed by atoms with E-state index in [4.69, 9.17) is 10.8 Å². The van der Waals surface area contributed by atoms with E-state index in [2.05, 4.69) is 20.1 Å². The summed E-state index contributed by atoms with van der Waals surface area (Å²) in [5.74, 6) is -0.641. The standard InChI is InChI=1S/C11H21NO6S.C11H21NO4S.C2H6/c1-11(2,3)18-10(14)12-8(9(13)17-4)6-7-19(5,15)16;1-11(2,3)16-10(14)12-8(6-7-17-5)9(13)15-4;1-2/h8H,6-7H2,1-5H3,(H,12,14);8H,6-7H2,1-5H3,(H,12,14);1-2H3/t2*8-;/m00./s1/i;;1D. The number of sulfone groups is 1. The van der Waals surface area contributed by atoms with Crippen molar-refractivity contribution in [2.75, 3.05) is 38.2 Å². The average Bonchev–Trinajstić information content (AvgIpc) is 2.76. The summed E-state index contributed by atoms with van der Waals surface area (Å²) in [5.41, 5.74) is -1.29. The van der Waals surface area contributed by atoms with Crippen molar-refractivity contribution in [3.05, 3.63) is 0 Å². The zero-order chi connectivity index (χ0) is 31.4. The number of carbonyl (C=O) groups is 4. The number of hydrogen-bond donors (Lipinski definition) is 2. The van der Waals surface area contributed by atoms with Gasteiger partial charge in [0.1, 0.15) is 33.1 Å². The molecular weight excluding hydrogens is 540 g/mol. The number of thioether (sulfide) groups is 1. The lowest BCUT2D eigenvalue weighted by molar-refractivity contribution is -0.143. The Kier molecular flexibility index (Phi) is 19.8. The number of rotatable bonds is 10. The number of hydrogen-bond acceptors (Lipinski definition) is 11. The smallest absolute Gasteiger partial charge is 0.408 e. The number of nitrogens with one attached hydrogen (secondary N) is 2. The van der Waals surface area contributed by atoms with Crippen molar-refractivity contribution in [1.82, 2.24) is 10.6 Å². The van der Waals surface area contributed by atoms with E-state index in [0.29, 0.717) is 13.3 Å². The molecule has 0 bridgehead atoms. The molecule has 0 heterocycles. The summed E-state index contributed by atoms with van der Waals surface area (Å²) < 4.78 is 47.5. The van der Waals surface area contributed by atoms with Crippen molar-refractivity contribution >= 4 is 45.7 Å². The molecular formula is C24H48N2O10S2. The van der Waals surface area contributed by atoms with E-state index in [1.165, 1.54) is 7.11 Å². The molecule has 2 N–H and O–H groups in total. The molecule has 38 heavy (non-hydrogen) atoms. The molecule has 0 aliphatic carbocycles. The van der Waals surface area contributed by atoms with Gasteiger partial charge in [0.25, 0.3) is 0 Å². The predicted octanol–water partition coefficient (Wildman–Crippen LogP) is 3.32. The number of amides is 2. The Balaban J connectivity index is -0.000000606. The van der Waals surface area contributed by atoms with Crippen LogP contribution < -0.4 is 10.6 Å². The molecule has 12 nitrogen and oxygen atoms in total. The minimum absolute atomic E-state index is 0.0647. The van der Waals surface area contributed by atoms with Gasteiger partial charge in [0, 0.05) is 7.63 Å². The van der Waals surface area contributed by atoms with Gasteiger partial charge < -0.3 is 29.6 Å². The van der Waals surface area contributed by atoms with E-state index in [1.54, 1.807) is 60.2 Å². The van der Waals surface area contributed by atoms with E-state index in [9.17, 15) is 27.6 Å². The first kappa shape index (κ1) is 37.9. The normalized spacial score (nSPS) is 13.0. The summed E-state index contributed by atoms with van der Waals surface area (Å²) in [5, 5.41) is 4.81. The number of esters is 2. The second-order valence-corrected chi connectivity index (χ2v) is 12.9. The molecule has 0 saturated heterocycles. The number of methoxy groups -OCH3 is 2. The minimum atomic E-state index is -3.23. The third-order valence-electron chi connectivity index (χ3n) is 3.74. The molecule has 0 unspecified atom stereocenters. The lowest BCUT2D eigenvalue weighted by Gasteiger charge is -2.22. The van der Waals surface area contributed by atoms with Gasteiger partial charge in [-0.2, -0.15) is 11.8 Å². The summed E-state index contributed by atoms with van der Waals surface area (Å²) >= 11 is 1.60. The first-order chi connectivity index (χ1) is 17.7. The Bertz CT molecular complexity index is 841. The number of carbonyl (C=O) groups excluding carboxylic acids is 4. The van der Waals surface area contributed by atoms with Gasteiger partial charge in [-0.1, -0.05) is 13.8 Å². The Morgan fingerprint density at radius 3 is 1.45 bits per heavy atom. The second-order valence-electron chi connectivity index (χ2n) is 9.64. The van der Waals surface area contributed by atoms with E-state index >= 15 is 0 Å². The van der Waals surface area contributed by atoms with Crippen LogP contribution >= 0.6 is 11.8 Å². The van der Waals surface area contributed by atoms with Crippen molar-refractivity contribution in [3.8, 4) is 0 Å². The van der Waals surface area contributed by atoms with Crippen LogP contribution in [0.15, 0.2) is 0 Å². The number of ether oxygens (including phenoxy) is 4. The highest BCUT2D eigenvalue weighted by Gasteiger charge is 2.26. The second kappa shape index (κ2) is 19.8. The summed E-state index contributed by atoms with van der Waals surface area (Å²) in [4.78, 5) is 45.9. The molecule has 226 valence electrons. The number of alkyl carbamates (subject to hydrolysis) is 2. The summed E-state index contributed by atoms with van der Waals surface area (Å²) in [7, 11) is -0.776. The van der Waals surface area contributed by atoms with Gasteiger partial charge in [0.05, 0.1) is 20.0 Å². The van der Waals surface area contributed by atoms with Crippen LogP contribution in [0.3, 0.4) is 0 Å². The molecule has 2 amide bonds. The van der Waals surface area contributed by atoms with Gasteiger partial charge in [-0.15, -0.1) is 0 Å². The summed E-state index contributed by atoms with van der Waals surface area (Å²) in [6.45, 7) is 12.6. The maximum absolute atomic E-state index is 11.5. The maximum atomic E-state index is 11.5. The van der Waals surface area contributed by atoms with Gasteiger partial charge >= 0.3 is 24.1 Å². The van der Waals surface area contributed by atoms with Crippen LogP contribution in [0.5, 0.6) is 0 Å². The van der Waals surface area contributed by atoms with Gasteiger partial charge in [0.15, 0.2) is 0 Å². The van der Waals surface area contributed by atoms with E-state index in [-0.39, 0.29) is 12.2 Å². The highest BCUT2D eigenvalue weighted by atomic mass is 32.2. The lowest BCUT2D eigenvalue weighted by Crippen LogP contribution is -2.44. The van der Waals surface area contributed by atoms with Crippen LogP contribution in [-0.2, 0) is 38.4 Å². The van der Waals surface area contributed by atoms with Crippen LogP contribution in [0.25, 0.3) is 0 Å². The predicted molar refractivity (Wildman–Crippen MR) is 149 cm³/mol. The van der Waals surface area contributed by atoms with Crippen molar-refractivity contribution in [3.63, 3.8) is 0 Å². The van der Waals surface area contributed by atoms with Crippen LogP contribution in [0.1, 0.15) is 69.6 Å². The molecule has 0 fully saturated rings. The average molecular weight is 590 g/mol. The van der Waals surface area contributed by atoms with Gasteiger partial charge in [0.2, 0.25) is 0 Å². The highest BCUT2D eigenvalue weighted by Crippen LogP contribution is 2.09. The maximum Gasteiger partial charge on any atom is 0.408 e.